The number of hydrogen-bond acceptors (Lipinski definition) is 21. The standard InChI is InChI=1S/C47H72O21/c1-20(21-8-6-5-7-9-21)41(59)66-31-11-10-23-22-14-30(51)47(60)16-26(25(61-4)15-46(47,3)24(22)12-13-45(23,31)2)62-44-40(68-43-37(57)35(55)33(53)28(18-49)64-43)38(58)39(29(19-50)65-44)67-42-36(56)34(54)32(52)27(17-48)63-42/h5-9,20,22-40,42-44,48-58,60H,10-19H2,1-4H3. The molecule has 386 valence electrons. The Morgan fingerprint density at radius 3 is 1.82 bits per heavy atom. The largest absolute Gasteiger partial charge is 0.461 e. The molecule has 21 nitrogen and oxygen atoms in total. The third-order valence-corrected chi connectivity index (χ3v) is 17.4. The zero-order valence-corrected chi connectivity index (χ0v) is 38.8. The molecule has 3 heterocycles. The van der Waals surface area contributed by atoms with E-state index in [1.807, 2.05) is 44.2 Å². The van der Waals surface area contributed by atoms with Crippen LogP contribution in [0.5, 0.6) is 0 Å². The van der Waals surface area contributed by atoms with Crippen LogP contribution in [-0.4, -0.2) is 216 Å². The van der Waals surface area contributed by atoms with Crippen LogP contribution in [0.25, 0.3) is 0 Å². The molecule has 12 N–H and O–H groups in total. The van der Waals surface area contributed by atoms with Gasteiger partial charge in [0, 0.05) is 24.4 Å². The van der Waals surface area contributed by atoms with E-state index in [0.29, 0.717) is 12.8 Å². The van der Waals surface area contributed by atoms with Crippen molar-refractivity contribution in [1.29, 1.82) is 0 Å². The van der Waals surface area contributed by atoms with E-state index in [1.54, 1.807) is 0 Å². The lowest BCUT2D eigenvalue weighted by atomic mass is 9.42. The van der Waals surface area contributed by atoms with Gasteiger partial charge in [0.2, 0.25) is 0 Å². The molecule has 0 radical (unpaired) electrons. The number of fused-ring (bicyclic) bond motifs is 5. The first kappa shape index (κ1) is 52.3. The van der Waals surface area contributed by atoms with Crippen molar-refractivity contribution < 1.29 is 104 Å². The third-order valence-electron chi connectivity index (χ3n) is 17.4. The first-order valence-electron chi connectivity index (χ1n) is 24.0. The summed E-state index contributed by atoms with van der Waals surface area (Å²) in [5.41, 5.74) is -2.17. The van der Waals surface area contributed by atoms with Crippen LogP contribution >= 0.6 is 0 Å². The highest BCUT2D eigenvalue weighted by Crippen LogP contribution is 2.68. The van der Waals surface area contributed by atoms with Gasteiger partial charge in [-0.1, -0.05) is 44.2 Å². The molecule has 68 heavy (non-hydrogen) atoms. The minimum absolute atomic E-state index is 0.0293. The van der Waals surface area contributed by atoms with E-state index in [1.165, 1.54) is 7.11 Å². The monoisotopic (exact) mass is 972 g/mol. The van der Waals surface area contributed by atoms with E-state index >= 15 is 0 Å². The topological polar surface area (TPSA) is 334 Å². The Kier molecular flexibility index (Phi) is 15.7. The van der Waals surface area contributed by atoms with E-state index in [0.717, 1.165) is 18.4 Å². The quantitative estimate of drug-likeness (QED) is 0.0706. The van der Waals surface area contributed by atoms with Gasteiger partial charge in [0.05, 0.1) is 49.7 Å². The molecule has 26 unspecified atom stereocenters. The van der Waals surface area contributed by atoms with Gasteiger partial charge >= 0.3 is 5.97 Å². The van der Waals surface area contributed by atoms with E-state index in [4.69, 9.17) is 37.9 Å². The number of aliphatic hydroxyl groups is 12. The summed E-state index contributed by atoms with van der Waals surface area (Å²) in [5.74, 6) is -0.753. The number of ether oxygens (including phenoxy) is 8. The fraction of sp³-hybridized carbons (Fsp3) is 0.851. The highest BCUT2D eigenvalue weighted by molar-refractivity contribution is 5.77. The van der Waals surface area contributed by atoms with Gasteiger partial charge in [-0.2, -0.15) is 0 Å². The summed E-state index contributed by atoms with van der Waals surface area (Å²) >= 11 is 0. The summed E-state index contributed by atoms with van der Waals surface area (Å²) in [7, 11) is 1.47. The lowest BCUT2D eigenvalue weighted by Gasteiger charge is -2.66. The third kappa shape index (κ3) is 8.98. The highest BCUT2D eigenvalue weighted by Gasteiger charge is 2.70. The summed E-state index contributed by atoms with van der Waals surface area (Å²) < 4.78 is 48.3. The van der Waals surface area contributed by atoms with Crippen molar-refractivity contribution in [3.8, 4) is 0 Å². The van der Waals surface area contributed by atoms with Crippen molar-refractivity contribution >= 4 is 5.97 Å². The van der Waals surface area contributed by atoms with Crippen molar-refractivity contribution in [1.82, 2.24) is 0 Å². The average Bonchev–Trinajstić information content (AvgIpc) is 3.66. The Morgan fingerprint density at radius 1 is 0.676 bits per heavy atom. The molecule has 7 aliphatic rings. The molecule has 4 aliphatic carbocycles. The van der Waals surface area contributed by atoms with Crippen LogP contribution < -0.4 is 0 Å². The Labute approximate surface area is 394 Å². The Balaban J connectivity index is 1.03. The number of carbonyl (C=O) groups excluding carboxylic acids is 1. The highest BCUT2D eigenvalue weighted by atomic mass is 16.8. The fourth-order valence-electron chi connectivity index (χ4n) is 13.2. The predicted octanol–water partition coefficient (Wildman–Crippen LogP) is -2.71. The molecule has 3 aliphatic heterocycles. The van der Waals surface area contributed by atoms with Gasteiger partial charge in [-0.05, 0) is 68.8 Å². The predicted molar refractivity (Wildman–Crippen MR) is 229 cm³/mol. The van der Waals surface area contributed by atoms with Crippen molar-refractivity contribution in [2.24, 2.45) is 28.6 Å². The average molecular weight is 973 g/mol. The molecule has 26 atom stereocenters. The molecule has 0 amide bonds. The second-order valence-electron chi connectivity index (χ2n) is 20.8. The molecule has 1 aromatic carbocycles. The fourth-order valence-corrected chi connectivity index (χ4v) is 13.2. The van der Waals surface area contributed by atoms with Crippen molar-refractivity contribution in [3.63, 3.8) is 0 Å². The summed E-state index contributed by atoms with van der Waals surface area (Å²) in [6.07, 6.45) is -26.8. The molecule has 1 aromatic rings. The second-order valence-corrected chi connectivity index (χ2v) is 20.8. The van der Waals surface area contributed by atoms with Crippen LogP contribution in [0.15, 0.2) is 30.3 Å². The minimum atomic E-state index is -1.97. The SMILES string of the molecule is COC1CC2(C)C3CCC4(C)C(OC(=O)C(C)c5ccccc5)CCC4C3CC(O)C2(O)CC1OC1OC(CO)C(OC2OC(CO)C(O)C(O)C2O)C(O)C1OC1OC(CO)C(O)C(O)C1O. The smallest absolute Gasteiger partial charge is 0.313 e. The molecule has 8 rings (SSSR count). The molecule has 3 saturated heterocycles. The van der Waals surface area contributed by atoms with E-state index in [-0.39, 0.29) is 54.5 Å². The van der Waals surface area contributed by atoms with Gasteiger partial charge in [0.25, 0.3) is 0 Å². The maximum Gasteiger partial charge on any atom is 0.313 e. The molecule has 0 spiro atoms. The summed E-state index contributed by atoms with van der Waals surface area (Å²) in [4.78, 5) is 13.5. The number of esters is 1. The molecule has 21 heteroatoms. The van der Waals surface area contributed by atoms with E-state index < -0.39 is 147 Å². The number of aliphatic hydroxyl groups excluding tert-OH is 11. The van der Waals surface area contributed by atoms with Crippen molar-refractivity contribution in [2.45, 2.75) is 194 Å². The summed E-state index contributed by atoms with van der Waals surface area (Å²) in [6, 6.07) is 9.49. The normalized spacial score (nSPS) is 50.9. The zero-order valence-electron chi connectivity index (χ0n) is 38.8. The molecule has 0 aromatic heterocycles. The van der Waals surface area contributed by atoms with Gasteiger partial charge in [-0.15, -0.1) is 0 Å². The van der Waals surface area contributed by atoms with Crippen LogP contribution in [0.1, 0.15) is 77.2 Å². The van der Waals surface area contributed by atoms with E-state index in [2.05, 4.69) is 6.92 Å². The minimum Gasteiger partial charge on any atom is -0.461 e. The summed E-state index contributed by atoms with van der Waals surface area (Å²) in [5, 5.41) is 131. The molecular weight excluding hydrogens is 900 g/mol. The summed E-state index contributed by atoms with van der Waals surface area (Å²) in [6.45, 7) is 3.50. The number of benzene rings is 1. The van der Waals surface area contributed by atoms with Crippen LogP contribution in [0.4, 0.5) is 0 Å². The molecule has 4 saturated carbocycles. The number of hydrogen-bond donors (Lipinski definition) is 12. The van der Waals surface area contributed by atoms with E-state index in [9.17, 15) is 66.1 Å². The molecule has 7 fully saturated rings. The van der Waals surface area contributed by atoms with Gasteiger partial charge in [0.1, 0.15) is 79.4 Å². The Hall–Kier alpha value is -2.07. The van der Waals surface area contributed by atoms with Crippen LogP contribution in [-0.2, 0) is 42.7 Å². The Morgan fingerprint density at radius 2 is 1.25 bits per heavy atom. The molecule has 0 bridgehead atoms. The second kappa shape index (κ2) is 20.4. The zero-order chi connectivity index (χ0) is 49.2. The maximum absolute atomic E-state index is 13.5. The van der Waals surface area contributed by atoms with Crippen molar-refractivity contribution in [2.75, 3.05) is 26.9 Å². The van der Waals surface area contributed by atoms with Gasteiger partial charge in [0.15, 0.2) is 18.9 Å². The first-order valence-corrected chi connectivity index (χ1v) is 24.0. The van der Waals surface area contributed by atoms with Gasteiger partial charge in [-0.3, -0.25) is 4.79 Å². The lowest BCUT2D eigenvalue weighted by Crippen LogP contribution is -2.72. The number of carbonyl (C=O) groups is 1. The van der Waals surface area contributed by atoms with Gasteiger partial charge < -0.3 is 99.2 Å². The van der Waals surface area contributed by atoms with Crippen LogP contribution in [0, 0.1) is 28.6 Å². The number of methoxy groups -OCH3 is 1. The Bertz CT molecular complexity index is 1850. The lowest BCUT2D eigenvalue weighted by molar-refractivity contribution is -0.396. The number of rotatable bonds is 13. The van der Waals surface area contributed by atoms with Crippen LogP contribution in [0.2, 0.25) is 0 Å². The maximum atomic E-state index is 13.5. The van der Waals surface area contributed by atoms with Gasteiger partial charge in [-0.25, -0.2) is 0 Å². The first-order chi connectivity index (χ1) is 32.3. The molecular formula is C47H72O21. The van der Waals surface area contributed by atoms with Crippen molar-refractivity contribution in [3.05, 3.63) is 35.9 Å². The van der Waals surface area contributed by atoms with Crippen LogP contribution in [0.3, 0.4) is 0 Å².